The van der Waals surface area contributed by atoms with E-state index < -0.39 is 0 Å². The van der Waals surface area contributed by atoms with Crippen LogP contribution in [0.1, 0.15) is 13.3 Å². The number of nitriles is 2. The van der Waals surface area contributed by atoms with E-state index in [4.69, 9.17) is 10.5 Å². The van der Waals surface area contributed by atoms with Crippen molar-refractivity contribution in [3.8, 4) is 12.1 Å². The predicted octanol–water partition coefficient (Wildman–Crippen LogP) is 1.34. The van der Waals surface area contributed by atoms with Crippen LogP contribution in [0.5, 0.6) is 0 Å². The van der Waals surface area contributed by atoms with Gasteiger partial charge in [-0.25, -0.2) is 14.6 Å². The van der Waals surface area contributed by atoms with Crippen LogP contribution in [0, 0.1) is 28.6 Å². The molecule has 0 amide bonds. The molecule has 0 aliphatic heterocycles. The minimum Gasteiger partial charge on any atom is -0.358 e. The molecule has 2 aromatic rings. The zero-order chi connectivity index (χ0) is 14.5. The number of fused-ring (bicyclic) bond motifs is 1. The maximum absolute atomic E-state index is 8.89. The molecule has 0 bridgehead atoms. The van der Waals surface area contributed by atoms with Gasteiger partial charge in [0.05, 0.1) is 42.6 Å². The third-order valence-corrected chi connectivity index (χ3v) is 2.98. The maximum atomic E-state index is 8.89. The molecule has 2 heterocycles. The molecule has 0 saturated carbocycles. The predicted molar refractivity (Wildman–Crippen MR) is 73.6 cm³/mol. The Morgan fingerprint density at radius 2 is 2.20 bits per heavy atom. The van der Waals surface area contributed by atoms with Crippen molar-refractivity contribution in [2.24, 2.45) is 5.92 Å². The van der Waals surface area contributed by atoms with Crippen molar-refractivity contribution in [3.05, 3.63) is 12.5 Å². The van der Waals surface area contributed by atoms with Crippen molar-refractivity contribution in [2.75, 3.05) is 18.5 Å². The van der Waals surface area contributed by atoms with E-state index in [1.165, 1.54) is 6.33 Å². The Morgan fingerprint density at radius 1 is 1.40 bits per heavy atom. The Kier molecular flexibility index (Phi) is 4.11. The third kappa shape index (κ3) is 2.67. The number of nitrogens with zero attached hydrogens (tertiary/aromatic N) is 7. The van der Waals surface area contributed by atoms with Crippen molar-refractivity contribution < 1.29 is 0 Å². The Balaban J connectivity index is 2.34. The van der Waals surface area contributed by atoms with Crippen molar-refractivity contribution in [1.82, 2.24) is 19.7 Å². The number of aromatic nitrogens is 4. The fourth-order valence-electron chi connectivity index (χ4n) is 2.04. The van der Waals surface area contributed by atoms with Crippen LogP contribution in [0.4, 0.5) is 5.82 Å². The largest absolute Gasteiger partial charge is 0.358 e. The molecule has 2 aromatic heterocycles. The van der Waals surface area contributed by atoms with E-state index >= 15 is 0 Å². The summed E-state index contributed by atoms with van der Waals surface area (Å²) in [4.78, 5) is 10.4. The summed E-state index contributed by atoms with van der Waals surface area (Å²) >= 11 is 0. The second-order valence-corrected chi connectivity index (χ2v) is 4.62. The second kappa shape index (κ2) is 5.98. The number of anilines is 1. The molecule has 0 fully saturated rings. The lowest BCUT2D eigenvalue weighted by atomic mass is 10.2. The van der Waals surface area contributed by atoms with E-state index in [1.54, 1.807) is 10.9 Å². The fraction of sp³-hybridized carbons (Fsp3) is 0.462. The lowest BCUT2D eigenvalue weighted by Crippen LogP contribution is -2.24. The van der Waals surface area contributed by atoms with E-state index in [9.17, 15) is 0 Å². The molecular formula is C13H15N7. The quantitative estimate of drug-likeness (QED) is 0.812. The zero-order valence-electron chi connectivity index (χ0n) is 11.5. The van der Waals surface area contributed by atoms with Crippen LogP contribution in [0.2, 0.25) is 0 Å². The summed E-state index contributed by atoms with van der Waals surface area (Å²) in [5, 5.41) is 22.6. The average Bonchev–Trinajstić information content (AvgIpc) is 2.87. The SMILES string of the molecule is CC(C#N)CN(C)c1ncnc2c1cnn2CCC#N. The first-order valence-corrected chi connectivity index (χ1v) is 6.31. The van der Waals surface area contributed by atoms with E-state index in [1.807, 2.05) is 18.9 Å². The summed E-state index contributed by atoms with van der Waals surface area (Å²) in [5.41, 5.74) is 0.710. The lowest BCUT2D eigenvalue weighted by molar-refractivity contribution is 0.643. The summed E-state index contributed by atoms with van der Waals surface area (Å²) in [5.74, 6) is 0.666. The first kappa shape index (κ1) is 13.8. The first-order valence-electron chi connectivity index (χ1n) is 6.31. The van der Waals surface area contributed by atoms with Crippen LogP contribution in [-0.2, 0) is 6.54 Å². The molecule has 7 heteroatoms. The van der Waals surface area contributed by atoms with Gasteiger partial charge in [-0.1, -0.05) is 0 Å². The average molecular weight is 269 g/mol. The van der Waals surface area contributed by atoms with Crippen molar-refractivity contribution in [2.45, 2.75) is 19.9 Å². The van der Waals surface area contributed by atoms with Crippen LogP contribution in [0.3, 0.4) is 0 Å². The molecular weight excluding hydrogens is 254 g/mol. The maximum Gasteiger partial charge on any atom is 0.163 e. The van der Waals surface area contributed by atoms with E-state index in [0.717, 1.165) is 11.2 Å². The van der Waals surface area contributed by atoms with Crippen molar-refractivity contribution in [1.29, 1.82) is 10.5 Å². The Morgan fingerprint density at radius 3 is 2.90 bits per heavy atom. The van der Waals surface area contributed by atoms with Crippen molar-refractivity contribution in [3.63, 3.8) is 0 Å². The molecule has 1 unspecified atom stereocenters. The molecule has 0 radical (unpaired) electrons. The monoisotopic (exact) mass is 269 g/mol. The number of hydrogen-bond donors (Lipinski definition) is 0. The summed E-state index contributed by atoms with van der Waals surface area (Å²) in [7, 11) is 1.89. The van der Waals surface area contributed by atoms with E-state index in [-0.39, 0.29) is 5.92 Å². The van der Waals surface area contributed by atoms with Gasteiger partial charge in [0.25, 0.3) is 0 Å². The van der Waals surface area contributed by atoms with Gasteiger partial charge in [-0.15, -0.1) is 0 Å². The minimum atomic E-state index is -0.0846. The van der Waals surface area contributed by atoms with Gasteiger partial charge in [0.1, 0.15) is 12.1 Å². The molecule has 2 rings (SSSR count). The van der Waals surface area contributed by atoms with E-state index in [0.29, 0.717) is 25.2 Å². The van der Waals surface area contributed by atoms with Crippen LogP contribution in [-0.4, -0.2) is 33.3 Å². The summed E-state index contributed by atoms with van der Waals surface area (Å²) in [6.45, 7) is 2.96. The molecule has 0 spiro atoms. The topological polar surface area (TPSA) is 94.4 Å². The Hall–Kier alpha value is -2.67. The van der Waals surface area contributed by atoms with Crippen LogP contribution in [0.15, 0.2) is 12.5 Å². The molecule has 0 saturated heterocycles. The van der Waals surface area contributed by atoms with Crippen LogP contribution >= 0.6 is 0 Å². The molecule has 0 aliphatic rings. The van der Waals surface area contributed by atoms with Crippen LogP contribution in [0.25, 0.3) is 11.0 Å². The molecule has 20 heavy (non-hydrogen) atoms. The summed E-state index contributed by atoms with van der Waals surface area (Å²) < 4.78 is 1.70. The van der Waals surface area contributed by atoms with E-state index in [2.05, 4.69) is 27.2 Å². The standard InChI is InChI=1S/C13H15N7/c1-10(6-15)8-19(2)12-11-7-18-20(5-3-4-14)13(11)17-9-16-12/h7,9-10H,3,5,8H2,1-2H3. The summed E-state index contributed by atoms with van der Waals surface area (Å²) in [6.07, 6.45) is 3.57. The van der Waals surface area contributed by atoms with Gasteiger partial charge >= 0.3 is 0 Å². The highest BCUT2D eigenvalue weighted by atomic mass is 15.3. The molecule has 0 aliphatic carbocycles. The van der Waals surface area contributed by atoms with Gasteiger partial charge in [-0.3, -0.25) is 0 Å². The molecule has 102 valence electrons. The van der Waals surface area contributed by atoms with Gasteiger partial charge in [0.2, 0.25) is 0 Å². The molecule has 7 nitrogen and oxygen atoms in total. The van der Waals surface area contributed by atoms with Crippen LogP contribution < -0.4 is 4.90 Å². The second-order valence-electron chi connectivity index (χ2n) is 4.62. The normalized spacial score (nSPS) is 11.8. The lowest BCUT2D eigenvalue weighted by Gasteiger charge is -2.19. The molecule has 0 aromatic carbocycles. The smallest absolute Gasteiger partial charge is 0.163 e. The van der Waals surface area contributed by atoms with Gasteiger partial charge in [0, 0.05) is 13.6 Å². The van der Waals surface area contributed by atoms with Crippen molar-refractivity contribution >= 4 is 16.9 Å². The highest BCUT2D eigenvalue weighted by Gasteiger charge is 2.14. The minimum absolute atomic E-state index is 0.0846. The number of aryl methyl sites for hydroxylation is 1. The summed E-state index contributed by atoms with van der Waals surface area (Å²) in [6, 6.07) is 4.30. The number of hydrogen-bond acceptors (Lipinski definition) is 6. The van der Waals surface area contributed by atoms with Gasteiger partial charge in [-0.05, 0) is 6.92 Å². The molecule has 0 N–H and O–H groups in total. The number of rotatable bonds is 5. The van der Waals surface area contributed by atoms with Gasteiger partial charge in [-0.2, -0.15) is 15.6 Å². The fourth-order valence-corrected chi connectivity index (χ4v) is 2.04. The van der Waals surface area contributed by atoms with Gasteiger partial charge in [0.15, 0.2) is 5.65 Å². The highest BCUT2D eigenvalue weighted by Crippen LogP contribution is 2.22. The third-order valence-electron chi connectivity index (χ3n) is 2.98. The molecule has 1 atom stereocenters. The Bertz CT molecular complexity index is 676. The first-order chi connectivity index (χ1) is 9.67. The Labute approximate surface area is 117 Å². The zero-order valence-corrected chi connectivity index (χ0v) is 11.5. The van der Waals surface area contributed by atoms with Gasteiger partial charge < -0.3 is 4.90 Å². The highest BCUT2D eigenvalue weighted by molar-refractivity contribution is 5.86.